The van der Waals surface area contributed by atoms with Crippen molar-refractivity contribution in [3.63, 3.8) is 0 Å². The van der Waals surface area contributed by atoms with E-state index < -0.39 is 4.92 Å². The molecule has 0 radical (unpaired) electrons. The van der Waals surface area contributed by atoms with Crippen LogP contribution in [0.25, 0.3) is 6.08 Å². The molecule has 0 spiro atoms. The summed E-state index contributed by atoms with van der Waals surface area (Å²) in [7, 11) is 0. The number of amides is 2. The third-order valence-corrected chi connectivity index (χ3v) is 6.60. The highest BCUT2D eigenvalue weighted by Gasteiger charge is 2.19. The molecular weight excluding hydrogens is 473 g/mol. The van der Waals surface area contributed by atoms with Crippen molar-refractivity contribution >= 4 is 58.5 Å². The Morgan fingerprint density at radius 1 is 1.22 bits per heavy atom. The van der Waals surface area contributed by atoms with Gasteiger partial charge in [0.15, 0.2) is 0 Å². The zero-order valence-electron chi connectivity index (χ0n) is 17.1. The van der Waals surface area contributed by atoms with Crippen molar-refractivity contribution in [2.75, 3.05) is 19.6 Å². The minimum atomic E-state index is -0.469. The lowest BCUT2D eigenvalue weighted by atomic mass is 10.2. The van der Waals surface area contributed by atoms with Crippen LogP contribution in [0.2, 0.25) is 10.0 Å². The highest BCUT2D eigenvalue weighted by Crippen LogP contribution is 2.39. The summed E-state index contributed by atoms with van der Waals surface area (Å²) >= 11 is 13.2. The van der Waals surface area contributed by atoms with E-state index in [1.165, 1.54) is 30.0 Å². The van der Waals surface area contributed by atoms with E-state index in [0.29, 0.717) is 51.3 Å². The molecule has 0 unspecified atom stereocenters. The van der Waals surface area contributed by atoms with Crippen molar-refractivity contribution in [2.24, 2.45) is 0 Å². The summed E-state index contributed by atoms with van der Waals surface area (Å²) in [5.74, 6) is -0.135. The quantitative estimate of drug-likeness (QED) is 0.224. The molecule has 1 fully saturated rings. The number of halogens is 2. The molecule has 3 rings (SSSR count). The number of nitrogens with zero attached hydrogens (tertiary/aromatic N) is 2. The van der Waals surface area contributed by atoms with Gasteiger partial charge >= 0.3 is 0 Å². The smallest absolute Gasteiger partial charge is 0.283 e. The van der Waals surface area contributed by atoms with Gasteiger partial charge in [-0.15, -0.1) is 0 Å². The number of benzene rings is 2. The number of hydrogen-bond acceptors (Lipinski definition) is 5. The molecule has 168 valence electrons. The third-order valence-electron chi connectivity index (χ3n) is 4.80. The maximum Gasteiger partial charge on any atom is 0.283 e. The first-order valence-corrected chi connectivity index (χ1v) is 11.6. The molecular formula is C22H21Cl2N3O4S. The number of nitro groups is 1. The molecule has 0 bridgehead atoms. The molecule has 1 aliphatic heterocycles. The van der Waals surface area contributed by atoms with E-state index in [1.807, 2.05) is 0 Å². The Labute approximate surface area is 199 Å². The van der Waals surface area contributed by atoms with Crippen LogP contribution in [-0.4, -0.2) is 41.3 Å². The lowest BCUT2D eigenvalue weighted by Gasteiger charge is -2.14. The van der Waals surface area contributed by atoms with Crippen LogP contribution < -0.4 is 5.32 Å². The van der Waals surface area contributed by atoms with Gasteiger partial charge < -0.3 is 10.2 Å². The number of hydrogen-bond donors (Lipinski definition) is 1. The van der Waals surface area contributed by atoms with Crippen molar-refractivity contribution in [2.45, 2.75) is 29.1 Å². The molecule has 2 amide bonds. The molecule has 1 saturated heterocycles. The van der Waals surface area contributed by atoms with Gasteiger partial charge in [0.2, 0.25) is 11.8 Å². The molecule has 32 heavy (non-hydrogen) atoms. The number of nitro benzene ring substituents is 1. The fraction of sp³-hybridized carbons (Fsp3) is 0.273. The predicted octanol–water partition coefficient (Wildman–Crippen LogP) is 5.19. The largest absolute Gasteiger partial charge is 0.352 e. The zero-order valence-corrected chi connectivity index (χ0v) is 19.4. The second-order valence-corrected chi connectivity index (χ2v) is 9.05. The number of carbonyl (C=O) groups excluding carboxylic acids is 2. The fourth-order valence-corrected chi connectivity index (χ4v) is 4.62. The normalized spacial score (nSPS) is 13.7. The summed E-state index contributed by atoms with van der Waals surface area (Å²) in [4.78, 5) is 37.6. The van der Waals surface area contributed by atoms with Gasteiger partial charge in [-0.05, 0) is 48.7 Å². The molecule has 2 aromatic rings. The lowest BCUT2D eigenvalue weighted by molar-refractivity contribution is -0.387. The van der Waals surface area contributed by atoms with Gasteiger partial charge in [0.05, 0.1) is 14.8 Å². The van der Waals surface area contributed by atoms with Crippen molar-refractivity contribution in [1.82, 2.24) is 10.2 Å². The minimum absolute atomic E-state index is 0.0844. The zero-order chi connectivity index (χ0) is 23.1. The van der Waals surface area contributed by atoms with Gasteiger partial charge in [-0.1, -0.05) is 41.0 Å². The second kappa shape index (κ2) is 11.4. The maximum atomic E-state index is 12.0. The summed E-state index contributed by atoms with van der Waals surface area (Å²) in [5.41, 5.74) is 0.444. The standard InChI is InChI=1S/C22H21Cl2N3O4S/c23-16-6-8-19(17(24)14-16)32-20-7-4-15(13-18(20)27(30)31)5-9-21(28)25-10-2-12-26-11-1-3-22(26)29/h4-9,13-14H,1-3,10-12H2,(H,25,28). The van der Waals surface area contributed by atoms with Gasteiger partial charge in [-0.25, -0.2) is 0 Å². The average Bonchev–Trinajstić information content (AvgIpc) is 3.16. The molecule has 2 aromatic carbocycles. The second-order valence-electron chi connectivity index (χ2n) is 7.12. The Morgan fingerprint density at radius 3 is 2.69 bits per heavy atom. The van der Waals surface area contributed by atoms with Crippen LogP contribution in [0, 0.1) is 10.1 Å². The fourth-order valence-electron chi connectivity index (χ4n) is 3.20. The van der Waals surface area contributed by atoms with Crippen molar-refractivity contribution in [3.8, 4) is 0 Å². The Balaban J connectivity index is 1.58. The predicted molar refractivity (Wildman–Crippen MR) is 126 cm³/mol. The number of likely N-dealkylation sites (tertiary alicyclic amines) is 1. The van der Waals surface area contributed by atoms with Crippen LogP contribution in [0.15, 0.2) is 52.3 Å². The maximum absolute atomic E-state index is 12.0. The van der Waals surface area contributed by atoms with Gasteiger partial charge in [0.1, 0.15) is 0 Å². The average molecular weight is 494 g/mol. The summed E-state index contributed by atoms with van der Waals surface area (Å²) in [6, 6.07) is 9.68. The molecule has 7 nitrogen and oxygen atoms in total. The van der Waals surface area contributed by atoms with Crippen LogP contribution in [0.4, 0.5) is 5.69 Å². The first kappa shape index (κ1) is 24.1. The van der Waals surface area contributed by atoms with E-state index in [1.54, 1.807) is 35.2 Å². The highest BCUT2D eigenvalue weighted by atomic mass is 35.5. The molecule has 1 aliphatic rings. The van der Waals surface area contributed by atoms with E-state index in [0.717, 1.165) is 13.0 Å². The van der Waals surface area contributed by atoms with E-state index in [9.17, 15) is 19.7 Å². The summed E-state index contributed by atoms with van der Waals surface area (Å²) in [6.07, 6.45) is 5.03. The Kier molecular flexibility index (Phi) is 8.55. The van der Waals surface area contributed by atoms with Gasteiger partial charge in [0, 0.05) is 48.1 Å². The van der Waals surface area contributed by atoms with Crippen LogP contribution in [0.5, 0.6) is 0 Å². The number of rotatable bonds is 9. The Bertz CT molecular complexity index is 1060. The molecule has 10 heteroatoms. The van der Waals surface area contributed by atoms with Crippen molar-refractivity contribution in [3.05, 3.63) is 68.2 Å². The van der Waals surface area contributed by atoms with Crippen molar-refractivity contribution in [1.29, 1.82) is 0 Å². The van der Waals surface area contributed by atoms with E-state index in [-0.39, 0.29) is 17.5 Å². The van der Waals surface area contributed by atoms with Gasteiger partial charge in [0.25, 0.3) is 5.69 Å². The lowest BCUT2D eigenvalue weighted by Crippen LogP contribution is -2.29. The van der Waals surface area contributed by atoms with Gasteiger partial charge in [-0.2, -0.15) is 0 Å². The summed E-state index contributed by atoms with van der Waals surface area (Å²) in [5, 5.41) is 15.2. The third kappa shape index (κ3) is 6.72. The topological polar surface area (TPSA) is 92.5 Å². The molecule has 0 aliphatic carbocycles. The highest BCUT2D eigenvalue weighted by molar-refractivity contribution is 7.99. The van der Waals surface area contributed by atoms with Crippen LogP contribution in [0.3, 0.4) is 0 Å². The van der Waals surface area contributed by atoms with E-state index >= 15 is 0 Å². The Morgan fingerprint density at radius 2 is 2.00 bits per heavy atom. The SMILES string of the molecule is O=C(C=Cc1ccc(Sc2ccc(Cl)cc2Cl)c([N+](=O)[O-])c1)NCCCN1CCCC1=O. The van der Waals surface area contributed by atoms with Crippen LogP contribution >= 0.6 is 35.0 Å². The monoisotopic (exact) mass is 493 g/mol. The van der Waals surface area contributed by atoms with Gasteiger partial charge in [-0.3, -0.25) is 19.7 Å². The van der Waals surface area contributed by atoms with E-state index in [2.05, 4.69) is 5.32 Å². The summed E-state index contributed by atoms with van der Waals surface area (Å²) in [6.45, 7) is 1.86. The molecule has 0 atom stereocenters. The number of nitrogens with one attached hydrogen (secondary N) is 1. The van der Waals surface area contributed by atoms with Crippen LogP contribution in [0.1, 0.15) is 24.8 Å². The van der Waals surface area contributed by atoms with Crippen molar-refractivity contribution < 1.29 is 14.5 Å². The first-order chi connectivity index (χ1) is 15.3. The number of carbonyl (C=O) groups is 2. The molecule has 1 N–H and O–H groups in total. The van der Waals surface area contributed by atoms with E-state index in [4.69, 9.17) is 23.2 Å². The molecule has 0 saturated carbocycles. The van der Waals surface area contributed by atoms with Crippen LogP contribution in [-0.2, 0) is 9.59 Å². The first-order valence-electron chi connectivity index (χ1n) is 9.98. The summed E-state index contributed by atoms with van der Waals surface area (Å²) < 4.78 is 0. The Hall–Kier alpha value is -2.55. The molecule has 1 heterocycles. The minimum Gasteiger partial charge on any atom is -0.352 e. The molecule has 0 aromatic heterocycles.